The number of allylic oxidation sites excluding steroid dienone is 1. The van der Waals surface area contributed by atoms with E-state index in [0.717, 1.165) is 12.0 Å². The Morgan fingerprint density at radius 2 is 1.68 bits per heavy atom. The number of piperidine rings is 1. The zero-order valence-electron chi connectivity index (χ0n) is 24.4. The molecule has 1 saturated carbocycles. The van der Waals surface area contributed by atoms with Crippen molar-refractivity contribution in [3.05, 3.63) is 12.2 Å². The standard InChI is InChI=1S/C32H60N2/c1-9-10-15-32(17-12-28(6)26(2)3)20-22-34(25-32)30(7,8)23-29-13-18-31(19-14-29)16-11-21-33(24-31)27(4)5/h26-27,29H,6,9-25H2,1-5,7-8H3. The lowest BCUT2D eigenvalue weighted by atomic mass is 9.64. The molecular formula is C32H60N2. The second-order valence-electron chi connectivity index (χ2n) is 14.2. The third-order valence-corrected chi connectivity index (χ3v) is 10.5. The predicted octanol–water partition coefficient (Wildman–Crippen LogP) is 8.71. The van der Waals surface area contributed by atoms with E-state index in [1.165, 1.54) is 115 Å². The minimum absolute atomic E-state index is 0.342. The molecule has 3 aliphatic rings. The van der Waals surface area contributed by atoms with Crippen LogP contribution in [0.5, 0.6) is 0 Å². The van der Waals surface area contributed by atoms with Gasteiger partial charge in [-0.25, -0.2) is 0 Å². The molecule has 0 aromatic rings. The van der Waals surface area contributed by atoms with Gasteiger partial charge in [-0.2, -0.15) is 0 Å². The molecule has 2 heteroatoms. The molecule has 0 aromatic heterocycles. The Morgan fingerprint density at radius 1 is 0.971 bits per heavy atom. The van der Waals surface area contributed by atoms with Crippen LogP contribution in [-0.4, -0.2) is 47.6 Å². The van der Waals surface area contributed by atoms with Crippen molar-refractivity contribution in [2.75, 3.05) is 26.2 Å². The first-order valence-electron chi connectivity index (χ1n) is 15.2. The Kier molecular flexibility index (Phi) is 9.80. The summed E-state index contributed by atoms with van der Waals surface area (Å²) in [6, 6.07) is 0.717. The molecule has 3 rings (SSSR count). The molecule has 2 heterocycles. The highest BCUT2D eigenvalue weighted by atomic mass is 15.2. The maximum Gasteiger partial charge on any atom is 0.0156 e. The molecule has 0 bridgehead atoms. The van der Waals surface area contributed by atoms with E-state index in [1.807, 2.05) is 0 Å². The van der Waals surface area contributed by atoms with Gasteiger partial charge in [0.1, 0.15) is 0 Å². The summed E-state index contributed by atoms with van der Waals surface area (Å²) in [5.41, 5.74) is 2.98. The van der Waals surface area contributed by atoms with E-state index < -0.39 is 0 Å². The van der Waals surface area contributed by atoms with Gasteiger partial charge in [-0.15, -0.1) is 0 Å². The first-order valence-corrected chi connectivity index (χ1v) is 15.2. The van der Waals surface area contributed by atoms with Gasteiger partial charge in [-0.3, -0.25) is 4.90 Å². The lowest BCUT2D eigenvalue weighted by molar-refractivity contribution is 0.0127. The molecule has 2 nitrogen and oxygen atoms in total. The van der Waals surface area contributed by atoms with Gasteiger partial charge in [0.2, 0.25) is 0 Å². The summed E-state index contributed by atoms with van der Waals surface area (Å²) in [5.74, 6) is 1.56. The minimum atomic E-state index is 0.342. The summed E-state index contributed by atoms with van der Waals surface area (Å²) in [6.45, 7) is 26.6. The topological polar surface area (TPSA) is 6.48 Å². The van der Waals surface area contributed by atoms with Crippen molar-refractivity contribution < 1.29 is 0 Å². The molecule has 1 aliphatic carbocycles. The number of hydrogen-bond donors (Lipinski definition) is 0. The van der Waals surface area contributed by atoms with Crippen LogP contribution in [0.1, 0.15) is 132 Å². The fourth-order valence-electron chi connectivity index (χ4n) is 7.68. The van der Waals surface area contributed by atoms with Gasteiger partial charge in [0, 0.05) is 24.7 Å². The third-order valence-electron chi connectivity index (χ3n) is 10.5. The number of hydrogen-bond acceptors (Lipinski definition) is 2. The predicted molar refractivity (Wildman–Crippen MR) is 150 cm³/mol. The summed E-state index contributed by atoms with van der Waals surface area (Å²) in [6.07, 6.45) is 18.3. The van der Waals surface area contributed by atoms with Crippen molar-refractivity contribution in [1.82, 2.24) is 9.80 Å². The molecule has 1 atom stereocenters. The Hall–Kier alpha value is -0.340. The zero-order chi connectivity index (χ0) is 25.0. The zero-order valence-corrected chi connectivity index (χ0v) is 24.4. The molecule has 3 fully saturated rings. The maximum atomic E-state index is 4.41. The number of likely N-dealkylation sites (tertiary alicyclic amines) is 2. The van der Waals surface area contributed by atoms with Crippen LogP contribution in [0.25, 0.3) is 0 Å². The van der Waals surface area contributed by atoms with Crippen LogP contribution >= 0.6 is 0 Å². The SMILES string of the molecule is C=C(CCC1(CCCC)CCN(C(C)(C)CC2CCC3(CCCN(C(C)C)C3)CC2)C1)C(C)C. The van der Waals surface area contributed by atoms with Crippen LogP contribution in [0.3, 0.4) is 0 Å². The van der Waals surface area contributed by atoms with Gasteiger partial charge >= 0.3 is 0 Å². The highest BCUT2D eigenvalue weighted by molar-refractivity contribution is 5.03. The lowest BCUT2D eigenvalue weighted by Crippen LogP contribution is -2.49. The van der Waals surface area contributed by atoms with E-state index in [4.69, 9.17) is 0 Å². The monoisotopic (exact) mass is 472 g/mol. The molecule has 2 aliphatic heterocycles. The first-order chi connectivity index (χ1) is 16.0. The molecule has 198 valence electrons. The van der Waals surface area contributed by atoms with Crippen LogP contribution in [0.4, 0.5) is 0 Å². The van der Waals surface area contributed by atoms with Crippen LogP contribution in [-0.2, 0) is 0 Å². The van der Waals surface area contributed by atoms with Gasteiger partial charge in [-0.1, -0.05) is 45.8 Å². The maximum absolute atomic E-state index is 4.41. The van der Waals surface area contributed by atoms with Gasteiger partial charge in [-0.05, 0) is 134 Å². The number of nitrogens with zero attached hydrogens (tertiary/aromatic N) is 2. The summed E-state index contributed by atoms with van der Waals surface area (Å²) >= 11 is 0. The summed E-state index contributed by atoms with van der Waals surface area (Å²) in [4.78, 5) is 5.67. The normalized spacial score (nSPS) is 31.7. The van der Waals surface area contributed by atoms with E-state index in [1.54, 1.807) is 0 Å². The van der Waals surface area contributed by atoms with E-state index >= 15 is 0 Å². The average molecular weight is 473 g/mol. The summed E-state index contributed by atoms with van der Waals surface area (Å²) in [7, 11) is 0. The third kappa shape index (κ3) is 7.12. The Morgan fingerprint density at radius 3 is 2.29 bits per heavy atom. The second kappa shape index (κ2) is 11.8. The minimum Gasteiger partial charge on any atom is -0.300 e. The van der Waals surface area contributed by atoms with E-state index in [-0.39, 0.29) is 0 Å². The molecule has 0 radical (unpaired) electrons. The molecule has 1 unspecified atom stereocenters. The van der Waals surface area contributed by atoms with Crippen molar-refractivity contribution in [2.24, 2.45) is 22.7 Å². The Labute approximate surface area is 214 Å². The van der Waals surface area contributed by atoms with E-state index in [0.29, 0.717) is 22.3 Å². The number of rotatable bonds is 11. The molecule has 34 heavy (non-hydrogen) atoms. The van der Waals surface area contributed by atoms with Crippen molar-refractivity contribution >= 4 is 0 Å². The van der Waals surface area contributed by atoms with Gasteiger partial charge in [0.05, 0.1) is 0 Å². The smallest absolute Gasteiger partial charge is 0.0156 e. The summed E-state index contributed by atoms with van der Waals surface area (Å²) < 4.78 is 0. The average Bonchev–Trinajstić information content (AvgIpc) is 3.23. The van der Waals surface area contributed by atoms with Crippen molar-refractivity contribution in [2.45, 2.75) is 144 Å². The molecular weight excluding hydrogens is 412 g/mol. The molecule has 0 aromatic carbocycles. The fraction of sp³-hybridized carbons (Fsp3) is 0.938. The second-order valence-corrected chi connectivity index (χ2v) is 14.2. The molecule has 2 saturated heterocycles. The van der Waals surface area contributed by atoms with Crippen molar-refractivity contribution in [1.29, 1.82) is 0 Å². The largest absolute Gasteiger partial charge is 0.300 e. The molecule has 0 amide bonds. The first kappa shape index (κ1) is 28.2. The van der Waals surface area contributed by atoms with E-state index in [9.17, 15) is 0 Å². The highest BCUT2D eigenvalue weighted by Crippen LogP contribution is 2.49. The summed E-state index contributed by atoms with van der Waals surface area (Å²) in [5, 5.41) is 0. The van der Waals surface area contributed by atoms with Gasteiger partial charge in [0.25, 0.3) is 0 Å². The number of unbranched alkanes of at least 4 members (excludes halogenated alkanes) is 1. The van der Waals surface area contributed by atoms with Crippen LogP contribution in [0.2, 0.25) is 0 Å². The van der Waals surface area contributed by atoms with Gasteiger partial charge < -0.3 is 4.90 Å². The lowest BCUT2D eigenvalue weighted by Gasteiger charge is -2.49. The fourth-order valence-corrected chi connectivity index (χ4v) is 7.68. The van der Waals surface area contributed by atoms with Crippen LogP contribution in [0, 0.1) is 22.7 Å². The van der Waals surface area contributed by atoms with Crippen LogP contribution in [0.15, 0.2) is 12.2 Å². The van der Waals surface area contributed by atoms with E-state index in [2.05, 4.69) is 64.8 Å². The Bertz CT molecular complexity index is 639. The van der Waals surface area contributed by atoms with Crippen LogP contribution < -0.4 is 0 Å². The van der Waals surface area contributed by atoms with Crippen molar-refractivity contribution in [3.8, 4) is 0 Å². The molecule has 1 spiro atoms. The van der Waals surface area contributed by atoms with Gasteiger partial charge in [0.15, 0.2) is 0 Å². The molecule has 0 N–H and O–H groups in total. The Balaban J connectivity index is 1.55. The quantitative estimate of drug-likeness (QED) is 0.277. The van der Waals surface area contributed by atoms with Crippen molar-refractivity contribution in [3.63, 3.8) is 0 Å². The highest BCUT2D eigenvalue weighted by Gasteiger charge is 2.44.